The zero-order chi connectivity index (χ0) is 21.7. The van der Waals surface area contributed by atoms with Crippen LogP contribution in [-0.4, -0.2) is 43.8 Å². The summed E-state index contributed by atoms with van der Waals surface area (Å²) in [5.74, 6) is -1.89. The molecule has 0 saturated carbocycles. The van der Waals surface area contributed by atoms with Crippen LogP contribution in [0.2, 0.25) is 5.02 Å². The van der Waals surface area contributed by atoms with E-state index in [-0.39, 0.29) is 39.9 Å². The molecule has 0 aliphatic carbocycles. The van der Waals surface area contributed by atoms with Crippen LogP contribution in [0.25, 0.3) is 0 Å². The average Bonchev–Trinajstić information content (AvgIpc) is 2.71. The van der Waals surface area contributed by atoms with Gasteiger partial charge < -0.3 is 24.6 Å². The first kappa shape index (κ1) is 22.2. The number of aliphatic hydroxyl groups is 1. The Bertz CT molecular complexity index is 939. The lowest BCUT2D eigenvalue weighted by Crippen LogP contribution is -2.29. The Hall–Kier alpha value is -3.11. The summed E-state index contributed by atoms with van der Waals surface area (Å²) in [7, 11) is 3.75. The van der Waals surface area contributed by atoms with Gasteiger partial charge in [0.05, 0.1) is 37.4 Å². The number of carbonyl (C=O) groups excluding carboxylic acids is 1. The number of halogens is 2. The van der Waals surface area contributed by atoms with E-state index in [4.69, 9.17) is 25.8 Å². The number of amides is 1. The highest BCUT2D eigenvalue weighted by Gasteiger charge is 2.32. The second-order valence-electron chi connectivity index (χ2n) is 5.70. The first-order chi connectivity index (χ1) is 13.7. The number of rotatable bonds is 8. The standard InChI is InChI=1S/C18H18ClFN2O7/c1-27-14-7-10(15(22(25)26)17(29-3)16(14)28-2)18(24)21-8-13(23)9-4-5-11(19)12(20)6-9/h4-7,13,23H,8H2,1-3H3,(H,21,24)/t13-/m0/s1. The van der Waals surface area contributed by atoms with Crippen molar-refractivity contribution in [3.05, 3.63) is 56.3 Å². The van der Waals surface area contributed by atoms with Gasteiger partial charge in [-0.3, -0.25) is 14.9 Å². The summed E-state index contributed by atoms with van der Waals surface area (Å²) in [6.07, 6.45) is -1.27. The zero-order valence-electron chi connectivity index (χ0n) is 15.7. The number of carbonyl (C=O) groups is 1. The van der Waals surface area contributed by atoms with Gasteiger partial charge in [-0.05, 0) is 17.7 Å². The summed E-state index contributed by atoms with van der Waals surface area (Å²) in [5, 5.41) is 24.0. The van der Waals surface area contributed by atoms with Crippen LogP contribution in [0.1, 0.15) is 22.0 Å². The van der Waals surface area contributed by atoms with E-state index in [1.807, 2.05) is 0 Å². The SMILES string of the molecule is COc1cc(C(=O)NC[C@H](O)c2ccc(Cl)c(F)c2)c([N+](=O)[O-])c(OC)c1OC. The summed E-state index contributed by atoms with van der Waals surface area (Å²) >= 11 is 5.60. The second-order valence-corrected chi connectivity index (χ2v) is 6.11. The summed E-state index contributed by atoms with van der Waals surface area (Å²) in [4.78, 5) is 23.3. The number of nitrogens with zero attached hydrogens (tertiary/aromatic N) is 1. The van der Waals surface area contributed by atoms with Crippen molar-refractivity contribution in [2.24, 2.45) is 0 Å². The van der Waals surface area contributed by atoms with Gasteiger partial charge in [-0.1, -0.05) is 17.7 Å². The predicted molar refractivity (Wildman–Crippen MR) is 101 cm³/mol. The lowest BCUT2D eigenvalue weighted by Gasteiger charge is -2.16. The molecule has 0 bridgehead atoms. The third kappa shape index (κ3) is 4.66. The topological polar surface area (TPSA) is 120 Å². The quantitative estimate of drug-likeness (QED) is 0.490. The molecule has 1 atom stereocenters. The summed E-state index contributed by atoms with van der Waals surface area (Å²) < 4.78 is 28.8. The molecule has 1 amide bonds. The van der Waals surface area contributed by atoms with Crippen LogP contribution in [0.4, 0.5) is 10.1 Å². The van der Waals surface area contributed by atoms with Crippen molar-refractivity contribution >= 4 is 23.2 Å². The van der Waals surface area contributed by atoms with Crippen LogP contribution in [0.15, 0.2) is 24.3 Å². The number of nitrogens with one attached hydrogen (secondary N) is 1. The summed E-state index contributed by atoms with van der Waals surface area (Å²) in [6.45, 7) is -0.340. The normalized spacial score (nSPS) is 11.5. The molecule has 156 valence electrons. The number of ether oxygens (including phenoxy) is 3. The van der Waals surface area contributed by atoms with Crippen LogP contribution >= 0.6 is 11.6 Å². The molecule has 2 aromatic rings. The van der Waals surface area contributed by atoms with E-state index in [9.17, 15) is 24.4 Å². The van der Waals surface area contributed by atoms with Gasteiger partial charge in [0.1, 0.15) is 11.4 Å². The van der Waals surface area contributed by atoms with Crippen molar-refractivity contribution in [3.8, 4) is 17.2 Å². The third-order valence-electron chi connectivity index (χ3n) is 4.02. The molecule has 0 heterocycles. The molecule has 0 unspecified atom stereocenters. The highest BCUT2D eigenvalue weighted by atomic mass is 35.5. The minimum atomic E-state index is -1.27. The van der Waals surface area contributed by atoms with Gasteiger partial charge in [-0.25, -0.2) is 4.39 Å². The van der Waals surface area contributed by atoms with Crippen molar-refractivity contribution in [3.63, 3.8) is 0 Å². The molecule has 0 radical (unpaired) electrons. The number of benzene rings is 2. The third-order valence-corrected chi connectivity index (χ3v) is 4.32. The monoisotopic (exact) mass is 428 g/mol. The minimum Gasteiger partial charge on any atom is -0.493 e. The molecule has 0 fully saturated rings. The van der Waals surface area contributed by atoms with Crippen molar-refractivity contribution < 1.29 is 33.4 Å². The summed E-state index contributed by atoms with van der Waals surface area (Å²) in [6, 6.07) is 4.82. The molecule has 9 nitrogen and oxygen atoms in total. The van der Waals surface area contributed by atoms with Gasteiger partial charge in [-0.2, -0.15) is 0 Å². The lowest BCUT2D eigenvalue weighted by atomic mass is 10.1. The molecular formula is C18H18ClFN2O7. The number of methoxy groups -OCH3 is 3. The van der Waals surface area contributed by atoms with Crippen molar-refractivity contribution in [1.82, 2.24) is 5.32 Å². The van der Waals surface area contributed by atoms with Gasteiger partial charge in [-0.15, -0.1) is 0 Å². The van der Waals surface area contributed by atoms with Gasteiger partial charge in [0.25, 0.3) is 5.91 Å². The molecule has 0 aliphatic rings. The fourth-order valence-corrected chi connectivity index (χ4v) is 2.74. The Morgan fingerprint density at radius 1 is 1.24 bits per heavy atom. The van der Waals surface area contributed by atoms with E-state index in [1.165, 1.54) is 33.5 Å². The van der Waals surface area contributed by atoms with Crippen molar-refractivity contribution in [1.29, 1.82) is 0 Å². The molecule has 0 saturated heterocycles. The predicted octanol–water partition coefficient (Wildman–Crippen LogP) is 2.88. The van der Waals surface area contributed by atoms with Gasteiger partial charge in [0.15, 0.2) is 5.75 Å². The Morgan fingerprint density at radius 2 is 1.90 bits per heavy atom. The minimum absolute atomic E-state index is 0.0421. The number of hydrogen-bond acceptors (Lipinski definition) is 7. The first-order valence-electron chi connectivity index (χ1n) is 8.13. The van der Waals surface area contributed by atoms with Crippen molar-refractivity contribution in [2.75, 3.05) is 27.9 Å². The first-order valence-corrected chi connectivity index (χ1v) is 8.51. The molecule has 0 spiro atoms. The fraction of sp³-hybridized carbons (Fsp3) is 0.278. The van der Waals surface area contributed by atoms with Crippen LogP contribution in [-0.2, 0) is 0 Å². The van der Waals surface area contributed by atoms with Crippen molar-refractivity contribution in [2.45, 2.75) is 6.10 Å². The van der Waals surface area contributed by atoms with Crippen LogP contribution in [0, 0.1) is 15.9 Å². The van der Waals surface area contributed by atoms with Crippen LogP contribution in [0.3, 0.4) is 0 Å². The molecule has 0 aliphatic heterocycles. The Kier molecular flexibility index (Phi) is 7.18. The molecule has 0 aromatic heterocycles. The van der Waals surface area contributed by atoms with Crippen LogP contribution in [0.5, 0.6) is 17.2 Å². The van der Waals surface area contributed by atoms with E-state index in [0.29, 0.717) is 0 Å². The van der Waals surface area contributed by atoms with E-state index < -0.39 is 28.4 Å². The molecule has 29 heavy (non-hydrogen) atoms. The summed E-state index contributed by atoms with van der Waals surface area (Å²) in [5.41, 5.74) is -0.819. The van der Waals surface area contributed by atoms with E-state index >= 15 is 0 Å². The molecule has 2 rings (SSSR count). The van der Waals surface area contributed by atoms with E-state index in [1.54, 1.807) is 0 Å². The molecular weight excluding hydrogens is 411 g/mol. The van der Waals surface area contributed by atoms with Gasteiger partial charge >= 0.3 is 5.69 Å². The highest BCUT2D eigenvalue weighted by Crippen LogP contribution is 2.46. The maximum absolute atomic E-state index is 13.5. The highest BCUT2D eigenvalue weighted by molar-refractivity contribution is 6.30. The smallest absolute Gasteiger partial charge is 0.327 e. The van der Waals surface area contributed by atoms with E-state index in [0.717, 1.165) is 12.1 Å². The Labute approximate surface area is 170 Å². The molecule has 11 heteroatoms. The fourth-order valence-electron chi connectivity index (χ4n) is 2.62. The number of hydrogen-bond donors (Lipinski definition) is 2. The Morgan fingerprint density at radius 3 is 2.41 bits per heavy atom. The second kappa shape index (κ2) is 9.39. The number of aliphatic hydroxyl groups excluding tert-OH is 1. The maximum Gasteiger partial charge on any atom is 0.327 e. The van der Waals surface area contributed by atoms with Gasteiger partial charge in [0.2, 0.25) is 11.5 Å². The molecule has 2 N–H and O–H groups in total. The molecule has 2 aromatic carbocycles. The zero-order valence-corrected chi connectivity index (χ0v) is 16.4. The van der Waals surface area contributed by atoms with Crippen LogP contribution < -0.4 is 19.5 Å². The Balaban J connectivity index is 2.34. The largest absolute Gasteiger partial charge is 0.493 e. The van der Waals surface area contributed by atoms with Gasteiger partial charge in [0, 0.05) is 12.6 Å². The average molecular weight is 429 g/mol. The lowest BCUT2D eigenvalue weighted by molar-refractivity contribution is -0.386. The number of nitro groups is 1. The number of nitro benzene ring substituents is 1. The van der Waals surface area contributed by atoms with E-state index in [2.05, 4.69) is 5.32 Å². The maximum atomic E-state index is 13.5.